The second-order valence-electron chi connectivity index (χ2n) is 5.90. The molecule has 1 atom stereocenters. The van der Waals surface area contributed by atoms with Crippen LogP contribution >= 0.6 is 0 Å². The number of nitrogens with one attached hydrogen (secondary N) is 1. The zero-order chi connectivity index (χ0) is 17.2. The van der Waals surface area contributed by atoms with Crippen molar-refractivity contribution in [3.8, 4) is 0 Å². The van der Waals surface area contributed by atoms with Crippen LogP contribution in [-0.4, -0.2) is 63.7 Å². The molecule has 0 saturated heterocycles. The standard InChI is InChI=1S/C15H23N3O4S/c1-17-7-6-11-8-12(4-5-13(11)17)14(19)9-16-15(20)10-18(2)23(3,21)22/h4-5,8,14,19H,6-7,9-10H2,1-3H3,(H,16,20). The minimum atomic E-state index is -3.40. The normalized spacial score (nSPS) is 15.6. The molecule has 2 rings (SSSR count). The third kappa shape index (κ3) is 4.43. The molecule has 0 aromatic heterocycles. The van der Waals surface area contributed by atoms with Crippen molar-refractivity contribution in [2.24, 2.45) is 0 Å². The summed E-state index contributed by atoms with van der Waals surface area (Å²) in [5.74, 6) is -0.446. The van der Waals surface area contributed by atoms with Crippen LogP contribution in [-0.2, 0) is 21.2 Å². The summed E-state index contributed by atoms with van der Waals surface area (Å²) in [4.78, 5) is 13.9. The molecular formula is C15H23N3O4S. The number of nitrogens with zero attached hydrogens (tertiary/aromatic N) is 2. The number of hydrogen-bond acceptors (Lipinski definition) is 5. The first kappa shape index (κ1) is 17.7. The number of anilines is 1. The Labute approximate surface area is 136 Å². The number of aliphatic hydroxyl groups is 1. The van der Waals surface area contributed by atoms with E-state index in [1.54, 1.807) is 0 Å². The van der Waals surface area contributed by atoms with E-state index in [2.05, 4.69) is 10.2 Å². The van der Waals surface area contributed by atoms with E-state index < -0.39 is 22.0 Å². The number of carbonyl (C=O) groups excluding carboxylic acids is 1. The third-order valence-electron chi connectivity index (χ3n) is 4.04. The number of carbonyl (C=O) groups is 1. The third-order valence-corrected chi connectivity index (χ3v) is 5.30. The van der Waals surface area contributed by atoms with Gasteiger partial charge in [0.15, 0.2) is 0 Å². The maximum Gasteiger partial charge on any atom is 0.235 e. The van der Waals surface area contributed by atoms with Gasteiger partial charge in [-0.15, -0.1) is 0 Å². The Balaban J connectivity index is 1.90. The molecule has 1 unspecified atom stereocenters. The van der Waals surface area contributed by atoms with E-state index >= 15 is 0 Å². The average molecular weight is 341 g/mol. The van der Waals surface area contributed by atoms with Gasteiger partial charge >= 0.3 is 0 Å². The number of benzene rings is 1. The molecule has 1 heterocycles. The molecule has 7 nitrogen and oxygen atoms in total. The number of sulfonamides is 1. The summed E-state index contributed by atoms with van der Waals surface area (Å²) in [6.07, 6.45) is 1.16. The van der Waals surface area contributed by atoms with Gasteiger partial charge in [-0.05, 0) is 23.6 Å². The van der Waals surface area contributed by atoms with Gasteiger partial charge in [0, 0.05) is 32.9 Å². The first-order valence-electron chi connectivity index (χ1n) is 7.38. The quantitative estimate of drug-likeness (QED) is 0.743. The molecule has 0 saturated carbocycles. The lowest BCUT2D eigenvalue weighted by molar-refractivity contribution is -0.121. The number of rotatable bonds is 6. The fourth-order valence-electron chi connectivity index (χ4n) is 2.50. The molecule has 0 aliphatic carbocycles. The molecule has 0 fully saturated rings. The van der Waals surface area contributed by atoms with Crippen LogP contribution < -0.4 is 10.2 Å². The van der Waals surface area contributed by atoms with Crippen molar-refractivity contribution < 1.29 is 18.3 Å². The number of hydrogen-bond donors (Lipinski definition) is 2. The fraction of sp³-hybridized carbons (Fsp3) is 0.533. The minimum absolute atomic E-state index is 0.0467. The molecule has 1 amide bonds. The summed E-state index contributed by atoms with van der Waals surface area (Å²) < 4.78 is 23.5. The Morgan fingerprint density at radius 1 is 1.48 bits per heavy atom. The SMILES string of the molecule is CN1CCc2cc(C(O)CNC(=O)CN(C)S(C)(=O)=O)ccc21. The van der Waals surface area contributed by atoms with Gasteiger partial charge in [0.1, 0.15) is 0 Å². The van der Waals surface area contributed by atoms with Crippen LogP contribution in [0.1, 0.15) is 17.2 Å². The summed E-state index contributed by atoms with van der Waals surface area (Å²) in [6.45, 7) is 0.745. The van der Waals surface area contributed by atoms with Crippen LogP contribution in [0.5, 0.6) is 0 Å². The van der Waals surface area contributed by atoms with Crippen molar-refractivity contribution in [1.29, 1.82) is 0 Å². The van der Waals surface area contributed by atoms with E-state index in [4.69, 9.17) is 0 Å². The Morgan fingerprint density at radius 3 is 2.83 bits per heavy atom. The van der Waals surface area contributed by atoms with Crippen molar-refractivity contribution in [2.45, 2.75) is 12.5 Å². The number of aliphatic hydroxyl groups excluding tert-OH is 1. The Hall–Kier alpha value is -1.64. The topological polar surface area (TPSA) is 89.9 Å². The number of amides is 1. The Kier molecular flexibility index (Phi) is 5.28. The van der Waals surface area contributed by atoms with Gasteiger partial charge in [0.05, 0.1) is 18.9 Å². The molecule has 0 bridgehead atoms. The summed E-state index contributed by atoms with van der Waals surface area (Å²) in [5.41, 5.74) is 3.10. The van der Waals surface area contributed by atoms with Crippen molar-refractivity contribution in [1.82, 2.24) is 9.62 Å². The lowest BCUT2D eigenvalue weighted by atomic mass is 10.0. The van der Waals surface area contributed by atoms with Crippen molar-refractivity contribution in [2.75, 3.05) is 44.9 Å². The van der Waals surface area contributed by atoms with E-state index in [0.29, 0.717) is 0 Å². The predicted octanol–water partition coefficient (Wildman–Crippen LogP) is -0.280. The van der Waals surface area contributed by atoms with Crippen molar-refractivity contribution in [3.63, 3.8) is 0 Å². The predicted molar refractivity (Wildman–Crippen MR) is 88.9 cm³/mol. The Bertz CT molecular complexity index is 690. The second kappa shape index (κ2) is 6.86. The molecule has 128 valence electrons. The molecule has 2 N–H and O–H groups in total. The summed E-state index contributed by atoms with van der Waals surface area (Å²) in [5, 5.41) is 12.8. The van der Waals surface area contributed by atoms with Gasteiger partial charge < -0.3 is 15.3 Å². The number of likely N-dealkylation sites (N-methyl/N-ethyl adjacent to an activating group) is 2. The summed E-state index contributed by atoms with van der Waals surface area (Å²) in [7, 11) is -0.0315. The van der Waals surface area contributed by atoms with Crippen LogP contribution in [0.2, 0.25) is 0 Å². The van der Waals surface area contributed by atoms with Crippen LogP contribution in [0, 0.1) is 0 Å². The highest BCUT2D eigenvalue weighted by atomic mass is 32.2. The maximum atomic E-state index is 11.7. The summed E-state index contributed by atoms with van der Waals surface area (Å²) >= 11 is 0. The van der Waals surface area contributed by atoms with Gasteiger partial charge in [0.25, 0.3) is 0 Å². The fourth-order valence-corrected chi connectivity index (χ4v) is 2.85. The summed E-state index contributed by atoms with van der Waals surface area (Å²) in [6, 6.07) is 5.78. The molecule has 1 aliphatic rings. The number of fused-ring (bicyclic) bond motifs is 1. The average Bonchev–Trinajstić information content (AvgIpc) is 2.84. The first-order valence-corrected chi connectivity index (χ1v) is 9.23. The highest BCUT2D eigenvalue weighted by Gasteiger charge is 2.19. The lowest BCUT2D eigenvalue weighted by Gasteiger charge is -2.17. The van der Waals surface area contributed by atoms with E-state index in [1.807, 2.05) is 25.2 Å². The highest BCUT2D eigenvalue weighted by molar-refractivity contribution is 7.88. The van der Waals surface area contributed by atoms with Gasteiger partial charge in [-0.2, -0.15) is 4.31 Å². The van der Waals surface area contributed by atoms with E-state index in [-0.39, 0.29) is 13.1 Å². The largest absolute Gasteiger partial charge is 0.387 e. The molecule has 1 aliphatic heterocycles. The zero-order valence-electron chi connectivity index (χ0n) is 13.6. The minimum Gasteiger partial charge on any atom is -0.387 e. The van der Waals surface area contributed by atoms with E-state index in [0.717, 1.165) is 29.1 Å². The molecule has 1 aromatic rings. The van der Waals surface area contributed by atoms with Crippen LogP contribution in [0.3, 0.4) is 0 Å². The van der Waals surface area contributed by atoms with E-state index in [9.17, 15) is 18.3 Å². The van der Waals surface area contributed by atoms with Crippen molar-refractivity contribution >= 4 is 21.6 Å². The first-order chi connectivity index (χ1) is 10.7. The lowest BCUT2D eigenvalue weighted by Crippen LogP contribution is -2.39. The molecule has 0 radical (unpaired) electrons. The van der Waals surface area contributed by atoms with Gasteiger partial charge in [0.2, 0.25) is 15.9 Å². The monoisotopic (exact) mass is 341 g/mol. The Morgan fingerprint density at radius 2 is 2.17 bits per heavy atom. The van der Waals surface area contributed by atoms with Gasteiger partial charge in [-0.1, -0.05) is 12.1 Å². The molecule has 0 spiro atoms. The van der Waals surface area contributed by atoms with Gasteiger partial charge in [-0.25, -0.2) is 8.42 Å². The highest BCUT2D eigenvalue weighted by Crippen LogP contribution is 2.29. The smallest absolute Gasteiger partial charge is 0.235 e. The van der Waals surface area contributed by atoms with Crippen LogP contribution in [0.15, 0.2) is 18.2 Å². The zero-order valence-corrected chi connectivity index (χ0v) is 14.4. The van der Waals surface area contributed by atoms with Gasteiger partial charge in [-0.3, -0.25) is 4.79 Å². The molecular weight excluding hydrogens is 318 g/mol. The molecule has 8 heteroatoms. The maximum absolute atomic E-state index is 11.7. The van der Waals surface area contributed by atoms with Crippen LogP contribution in [0.25, 0.3) is 0 Å². The van der Waals surface area contributed by atoms with Crippen molar-refractivity contribution in [3.05, 3.63) is 29.3 Å². The molecule has 23 heavy (non-hydrogen) atoms. The van der Waals surface area contributed by atoms with E-state index in [1.165, 1.54) is 18.3 Å². The van der Waals surface area contributed by atoms with Crippen LogP contribution in [0.4, 0.5) is 5.69 Å². The molecule has 1 aromatic carbocycles. The second-order valence-corrected chi connectivity index (χ2v) is 7.99.